The van der Waals surface area contributed by atoms with Crippen LogP contribution in [0.25, 0.3) is 0 Å². The molecule has 1 aliphatic carbocycles. The summed E-state index contributed by atoms with van der Waals surface area (Å²) < 4.78 is 5.04. The summed E-state index contributed by atoms with van der Waals surface area (Å²) in [5.74, 6) is -1.01. The number of ether oxygens (including phenoxy) is 1. The van der Waals surface area contributed by atoms with Crippen molar-refractivity contribution in [3.8, 4) is 0 Å². The molecule has 1 aromatic heterocycles. The van der Waals surface area contributed by atoms with Gasteiger partial charge < -0.3 is 15.8 Å². The summed E-state index contributed by atoms with van der Waals surface area (Å²) in [6.07, 6.45) is 3.89. The molecule has 1 aromatic carbocycles. The van der Waals surface area contributed by atoms with Gasteiger partial charge in [-0.2, -0.15) is 0 Å². The third-order valence-corrected chi connectivity index (χ3v) is 7.16. The fourth-order valence-electron chi connectivity index (χ4n) is 3.10. The summed E-state index contributed by atoms with van der Waals surface area (Å²) in [7, 11) is 0. The van der Waals surface area contributed by atoms with Crippen LogP contribution in [0.4, 0.5) is 5.00 Å². The van der Waals surface area contributed by atoms with Crippen LogP contribution in [-0.2, 0) is 27.2 Å². The first kappa shape index (κ1) is 21.7. The predicted molar refractivity (Wildman–Crippen MR) is 116 cm³/mol. The maximum atomic E-state index is 12.2. The Kier molecular flexibility index (Phi) is 7.57. The second kappa shape index (κ2) is 10.1. The molecule has 0 saturated carbocycles. The van der Waals surface area contributed by atoms with Gasteiger partial charge in [-0.05, 0) is 43.4 Å². The van der Waals surface area contributed by atoms with Gasteiger partial charge in [-0.15, -0.1) is 23.1 Å². The van der Waals surface area contributed by atoms with Crippen molar-refractivity contribution in [1.29, 1.82) is 0 Å². The lowest BCUT2D eigenvalue weighted by atomic mass is 9.95. The van der Waals surface area contributed by atoms with E-state index in [4.69, 9.17) is 22.1 Å². The number of fused-ring (bicyclic) bond motifs is 1. The van der Waals surface area contributed by atoms with E-state index in [0.29, 0.717) is 21.3 Å². The number of carbonyl (C=O) groups excluding carboxylic acids is 3. The van der Waals surface area contributed by atoms with Crippen molar-refractivity contribution >= 4 is 57.5 Å². The molecule has 3 N–H and O–H groups in total. The molecule has 0 spiro atoms. The molecule has 0 atom stereocenters. The van der Waals surface area contributed by atoms with E-state index in [1.165, 1.54) is 23.1 Å². The first-order valence-electron chi connectivity index (χ1n) is 9.23. The van der Waals surface area contributed by atoms with E-state index in [0.717, 1.165) is 41.0 Å². The molecule has 2 aromatic rings. The van der Waals surface area contributed by atoms with Crippen LogP contribution >= 0.6 is 34.7 Å². The molecule has 9 heteroatoms. The molecule has 1 aliphatic rings. The number of benzene rings is 1. The smallest absolute Gasteiger partial charge is 0.307 e. The van der Waals surface area contributed by atoms with E-state index < -0.39 is 24.4 Å². The van der Waals surface area contributed by atoms with Crippen LogP contribution in [0.3, 0.4) is 0 Å². The summed E-state index contributed by atoms with van der Waals surface area (Å²) in [5.41, 5.74) is 6.85. The zero-order valence-electron chi connectivity index (χ0n) is 15.7. The number of esters is 1. The number of nitrogens with one attached hydrogen (secondary N) is 1. The Morgan fingerprint density at radius 2 is 1.97 bits per heavy atom. The van der Waals surface area contributed by atoms with Crippen LogP contribution in [0.5, 0.6) is 0 Å². The van der Waals surface area contributed by atoms with Gasteiger partial charge in [0.2, 0.25) is 0 Å². The molecular weight excluding hydrogens is 432 g/mol. The van der Waals surface area contributed by atoms with Crippen molar-refractivity contribution in [2.45, 2.75) is 37.0 Å². The van der Waals surface area contributed by atoms with Crippen molar-refractivity contribution < 1.29 is 19.1 Å². The molecule has 1 heterocycles. The van der Waals surface area contributed by atoms with Crippen LogP contribution in [0, 0.1) is 0 Å². The van der Waals surface area contributed by atoms with Gasteiger partial charge in [-0.25, -0.2) is 0 Å². The second-order valence-electron chi connectivity index (χ2n) is 6.52. The molecule has 0 saturated heterocycles. The third-order valence-electron chi connectivity index (χ3n) is 4.44. The number of nitrogens with two attached hydrogens (primary N) is 1. The Morgan fingerprint density at radius 1 is 1.21 bits per heavy atom. The van der Waals surface area contributed by atoms with Gasteiger partial charge in [0, 0.05) is 15.5 Å². The van der Waals surface area contributed by atoms with Gasteiger partial charge in [0.1, 0.15) is 5.00 Å². The first-order valence-corrected chi connectivity index (χ1v) is 11.4. The summed E-state index contributed by atoms with van der Waals surface area (Å²) in [6.45, 7) is -0.406. The standard InChI is InChI=1S/C20H21ClN2O4S2/c21-13-6-2-4-8-15(13)28-10-9-17(25)27-11-16(24)23-20-18(19(22)26)12-5-1-3-7-14(12)29-20/h2,4,6,8H,1,3,5,7,9-11H2,(H2,22,26)(H,23,24). The van der Waals surface area contributed by atoms with Crippen LogP contribution in [0.2, 0.25) is 5.02 Å². The lowest BCUT2D eigenvalue weighted by molar-refractivity contribution is -0.146. The lowest BCUT2D eigenvalue weighted by Gasteiger charge is -2.11. The monoisotopic (exact) mass is 452 g/mol. The normalized spacial score (nSPS) is 12.9. The van der Waals surface area contributed by atoms with Crippen molar-refractivity contribution in [3.63, 3.8) is 0 Å². The Labute approximate surface area is 182 Å². The number of primary amides is 1. The van der Waals surface area contributed by atoms with Gasteiger partial charge in [0.05, 0.1) is 17.0 Å². The van der Waals surface area contributed by atoms with Crippen molar-refractivity contribution in [1.82, 2.24) is 0 Å². The summed E-state index contributed by atoms with van der Waals surface area (Å²) in [4.78, 5) is 37.9. The molecule has 2 amide bonds. The van der Waals surface area contributed by atoms with E-state index >= 15 is 0 Å². The van der Waals surface area contributed by atoms with Crippen molar-refractivity contribution in [2.75, 3.05) is 17.7 Å². The molecule has 0 aliphatic heterocycles. The highest BCUT2D eigenvalue weighted by atomic mass is 35.5. The number of amides is 2. The molecular formula is C20H21ClN2O4S2. The Bertz CT molecular complexity index is 929. The summed E-state index contributed by atoms with van der Waals surface area (Å²) >= 11 is 8.90. The number of hydrogen-bond acceptors (Lipinski definition) is 6. The SMILES string of the molecule is NC(=O)c1c(NC(=O)COC(=O)CCSc2ccccc2Cl)sc2c1CCCC2. The molecule has 0 bridgehead atoms. The molecule has 154 valence electrons. The zero-order chi connectivity index (χ0) is 20.8. The minimum Gasteiger partial charge on any atom is -0.456 e. The number of carbonyl (C=O) groups is 3. The van der Waals surface area contributed by atoms with E-state index in [2.05, 4.69) is 5.32 Å². The van der Waals surface area contributed by atoms with Crippen LogP contribution < -0.4 is 11.1 Å². The zero-order valence-corrected chi connectivity index (χ0v) is 18.1. The number of rotatable bonds is 8. The van der Waals surface area contributed by atoms with E-state index in [9.17, 15) is 14.4 Å². The third kappa shape index (κ3) is 5.74. The number of halogens is 1. The van der Waals surface area contributed by atoms with Gasteiger partial charge in [0.15, 0.2) is 6.61 Å². The van der Waals surface area contributed by atoms with Crippen molar-refractivity contribution in [3.05, 3.63) is 45.3 Å². The highest BCUT2D eigenvalue weighted by Crippen LogP contribution is 2.37. The quantitative estimate of drug-likeness (QED) is 0.465. The Balaban J connectivity index is 1.47. The predicted octanol–water partition coefficient (Wildman–Crippen LogP) is 4.04. The molecule has 6 nitrogen and oxygen atoms in total. The first-order chi connectivity index (χ1) is 14.0. The molecule has 0 unspecified atom stereocenters. The fraction of sp³-hybridized carbons (Fsp3) is 0.350. The minimum atomic E-state index is -0.548. The van der Waals surface area contributed by atoms with Gasteiger partial charge in [0.25, 0.3) is 11.8 Å². The number of anilines is 1. The second-order valence-corrected chi connectivity index (χ2v) is 9.17. The number of hydrogen-bond donors (Lipinski definition) is 2. The molecule has 0 fully saturated rings. The molecule has 0 radical (unpaired) electrons. The molecule has 29 heavy (non-hydrogen) atoms. The van der Waals surface area contributed by atoms with Crippen LogP contribution in [0.1, 0.15) is 40.1 Å². The largest absolute Gasteiger partial charge is 0.456 e. The fourth-order valence-corrected chi connectivity index (χ4v) is 5.58. The van der Waals surface area contributed by atoms with Gasteiger partial charge >= 0.3 is 5.97 Å². The van der Waals surface area contributed by atoms with Crippen LogP contribution in [-0.4, -0.2) is 30.1 Å². The number of thioether (sulfide) groups is 1. The Hall–Kier alpha value is -2.03. The Morgan fingerprint density at radius 3 is 2.72 bits per heavy atom. The van der Waals surface area contributed by atoms with Crippen LogP contribution in [0.15, 0.2) is 29.2 Å². The lowest BCUT2D eigenvalue weighted by Crippen LogP contribution is -2.23. The average Bonchev–Trinajstić information content (AvgIpc) is 3.05. The number of thiophene rings is 1. The molecule has 3 rings (SSSR count). The topological polar surface area (TPSA) is 98.5 Å². The van der Waals surface area contributed by atoms with Gasteiger partial charge in [-0.3, -0.25) is 14.4 Å². The van der Waals surface area contributed by atoms with E-state index in [1.807, 2.05) is 18.2 Å². The summed E-state index contributed by atoms with van der Waals surface area (Å²) in [6, 6.07) is 7.38. The van der Waals surface area contributed by atoms with E-state index in [-0.39, 0.29) is 6.42 Å². The summed E-state index contributed by atoms with van der Waals surface area (Å²) in [5, 5.41) is 3.75. The van der Waals surface area contributed by atoms with Gasteiger partial charge in [-0.1, -0.05) is 23.7 Å². The average molecular weight is 453 g/mol. The highest BCUT2D eigenvalue weighted by molar-refractivity contribution is 7.99. The van der Waals surface area contributed by atoms with Crippen molar-refractivity contribution in [2.24, 2.45) is 5.73 Å². The van der Waals surface area contributed by atoms with E-state index in [1.54, 1.807) is 6.07 Å². The number of aryl methyl sites for hydroxylation is 1. The maximum absolute atomic E-state index is 12.2. The highest BCUT2D eigenvalue weighted by Gasteiger charge is 2.25. The minimum absolute atomic E-state index is 0.156. The maximum Gasteiger partial charge on any atom is 0.307 e.